The molecule has 0 aromatic carbocycles. The van der Waals surface area contributed by atoms with Crippen molar-refractivity contribution < 1.29 is 0 Å². The highest BCUT2D eigenvalue weighted by Gasteiger charge is 2.58. The highest BCUT2D eigenvalue weighted by molar-refractivity contribution is 5.15. The predicted molar refractivity (Wildman–Crippen MR) is 40.9 cm³/mol. The number of hydrogen-bond acceptors (Lipinski definition) is 1. The van der Waals surface area contributed by atoms with Gasteiger partial charge in [0, 0.05) is 5.54 Å². The quantitative estimate of drug-likeness (QED) is 0.535. The summed E-state index contributed by atoms with van der Waals surface area (Å²) in [5, 5.41) is 3.58. The van der Waals surface area contributed by atoms with Gasteiger partial charge in [-0.15, -0.1) is 0 Å². The Kier molecular flexibility index (Phi) is 0.797. The van der Waals surface area contributed by atoms with Crippen molar-refractivity contribution >= 4 is 0 Å². The molecule has 2 aliphatic carbocycles. The topological polar surface area (TPSA) is 12.0 Å². The van der Waals surface area contributed by atoms with Crippen LogP contribution in [0, 0.1) is 5.41 Å². The summed E-state index contributed by atoms with van der Waals surface area (Å²) < 4.78 is 0. The predicted octanol–water partition coefficient (Wildman–Crippen LogP) is 1.68. The molecular weight excluding hydrogens is 122 g/mol. The van der Waals surface area contributed by atoms with Gasteiger partial charge in [0.1, 0.15) is 0 Å². The maximum atomic E-state index is 3.58. The van der Waals surface area contributed by atoms with Gasteiger partial charge in [-0.1, -0.05) is 6.42 Å². The van der Waals surface area contributed by atoms with E-state index in [1.165, 1.54) is 45.1 Å². The molecular formula is C9H15N. The fourth-order valence-electron chi connectivity index (χ4n) is 3.19. The summed E-state index contributed by atoms with van der Waals surface area (Å²) in [6.45, 7) is 1.29. The first-order valence-electron chi connectivity index (χ1n) is 4.58. The van der Waals surface area contributed by atoms with E-state index in [1.54, 1.807) is 0 Å². The van der Waals surface area contributed by atoms with Crippen LogP contribution in [0.4, 0.5) is 0 Å². The molecule has 0 atom stereocenters. The number of hydrogen-bond donors (Lipinski definition) is 1. The summed E-state index contributed by atoms with van der Waals surface area (Å²) in [6, 6.07) is 0. The summed E-state index contributed by atoms with van der Waals surface area (Å²) in [4.78, 5) is 0. The maximum Gasteiger partial charge on any atom is 0.0204 e. The van der Waals surface area contributed by atoms with Crippen molar-refractivity contribution in [2.24, 2.45) is 5.41 Å². The summed E-state index contributed by atoms with van der Waals surface area (Å²) in [5.74, 6) is 0. The van der Waals surface area contributed by atoms with E-state index in [0.717, 1.165) is 5.41 Å². The molecule has 56 valence electrons. The molecule has 1 saturated heterocycles. The SMILES string of the molecule is C1CC2(C1)CC1(CCN1)C2. The Morgan fingerprint density at radius 2 is 1.70 bits per heavy atom. The van der Waals surface area contributed by atoms with Gasteiger partial charge in [0.05, 0.1) is 0 Å². The standard InChI is InChI=1S/C9H15N/c1-2-8(3-1)6-9(7-8)4-5-10-9/h10H,1-7H2. The van der Waals surface area contributed by atoms with Crippen molar-refractivity contribution in [2.45, 2.75) is 44.1 Å². The largest absolute Gasteiger partial charge is 0.311 e. The van der Waals surface area contributed by atoms with Crippen molar-refractivity contribution in [3.8, 4) is 0 Å². The molecule has 10 heavy (non-hydrogen) atoms. The van der Waals surface area contributed by atoms with Gasteiger partial charge in [0.2, 0.25) is 0 Å². The second kappa shape index (κ2) is 1.42. The van der Waals surface area contributed by atoms with Gasteiger partial charge >= 0.3 is 0 Å². The van der Waals surface area contributed by atoms with E-state index >= 15 is 0 Å². The molecule has 0 bridgehead atoms. The molecule has 3 fully saturated rings. The lowest BCUT2D eigenvalue weighted by Gasteiger charge is -2.65. The monoisotopic (exact) mass is 137 g/mol. The normalized spacial score (nSPS) is 38.4. The summed E-state index contributed by atoms with van der Waals surface area (Å²) in [7, 11) is 0. The first-order valence-corrected chi connectivity index (χ1v) is 4.58. The Balaban J connectivity index is 1.69. The van der Waals surface area contributed by atoms with Crippen molar-refractivity contribution in [1.82, 2.24) is 5.32 Å². The van der Waals surface area contributed by atoms with E-state index < -0.39 is 0 Å². The Hall–Kier alpha value is -0.0400. The molecule has 2 saturated carbocycles. The van der Waals surface area contributed by atoms with E-state index in [4.69, 9.17) is 0 Å². The summed E-state index contributed by atoms with van der Waals surface area (Å²) >= 11 is 0. The lowest BCUT2D eigenvalue weighted by atomic mass is 9.46. The lowest BCUT2D eigenvalue weighted by molar-refractivity contribution is -0.0931. The molecule has 0 amide bonds. The van der Waals surface area contributed by atoms with E-state index in [0.29, 0.717) is 5.54 Å². The average molecular weight is 137 g/mol. The summed E-state index contributed by atoms with van der Waals surface area (Å²) in [6.07, 6.45) is 9.08. The number of nitrogens with one attached hydrogen (secondary N) is 1. The Bertz CT molecular complexity index is 138. The van der Waals surface area contributed by atoms with E-state index in [1.807, 2.05) is 0 Å². The van der Waals surface area contributed by atoms with Crippen LogP contribution < -0.4 is 5.32 Å². The van der Waals surface area contributed by atoms with Crippen molar-refractivity contribution in [1.29, 1.82) is 0 Å². The molecule has 0 aromatic rings. The van der Waals surface area contributed by atoms with Crippen LogP contribution in [0.5, 0.6) is 0 Å². The molecule has 3 aliphatic rings. The fraction of sp³-hybridized carbons (Fsp3) is 1.00. The molecule has 1 heteroatoms. The van der Waals surface area contributed by atoms with Gasteiger partial charge in [-0.3, -0.25) is 0 Å². The van der Waals surface area contributed by atoms with Crippen LogP contribution in [-0.2, 0) is 0 Å². The van der Waals surface area contributed by atoms with Crippen LogP contribution >= 0.6 is 0 Å². The van der Waals surface area contributed by atoms with Crippen LogP contribution in [0.2, 0.25) is 0 Å². The third kappa shape index (κ3) is 0.493. The van der Waals surface area contributed by atoms with Crippen LogP contribution in [0.25, 0.3) is 0 Å². The molecule has 1 aliphatic heterocycles. The van der Waals surface area contributed by atoms with Crippen LogP contribution in [0.3, 0.4) is 0 Å². The fourth-order valence-corrected chi connectivity index (χ4v) is 3.19. The number of rotatable bonds is 0. The van der Waals surface area contributed by atoms with Crippen LogP contribution in [0.15, 0.2) is 0 Å². The Morgan fingerprint density at radius 1 is 1.00 bits per heavy atom. The van der Waals surface area contributed by atoms with Crippen LogP contribution in [-0.4, -0.2) is 12.1 Å². The van der Waals surface area contributed by atoms with Crippen molar-refractivity contribution in [3.63, 3.8) is 0 Å². The molecule has 0 aromatic heterocycles. The van der Waals surface area contributed by atoms with Gasteiger partial charge in [0.15, 0.2) is 0 Å². The van der Waals surface area contributed by atoms with Crippen LogP contribution in [0.1, 0.15) is 38.5 Å². The highest BCUT2D eigenvalue weighted by atomic mass is 15.1. The molecule has 3 rings (SSSR count). The molecule has 2 spiro atoms. The Labute approximate surface area is 62.2 Å². The molecule has 1 N–H and O–H groups in total. The highest BCUT2D eigenvalue weighted by Crippen LogP contribution is 2.62. The van der Waals surface area contributed by atoms with Gasteiger partial charge in [0.25, 0.3) is 0 Å². The first-order chi connectivity index (χ1) is 4.83. The van der Waals surface area contributed by atoms with E-state index in [-0.39, 0.29) is 0 Å². The minimum absolute atomic E-state index is 0.681. The van der Waals surface area contributed by atoms with Gasteiger partial charge in [-0.2, -0.15) is 0 Å². The zero-order valence-electron chi connectivity index (χ0n) is 6.45. The van der Waals surface area contributed by atoms with Crippen molar-refractivity contribution in [3.05, 3.63) is 0 Å². The van der Waals surface area contributed by atoms with Gasteiger partial charge in [-0.25, -0.2) is 0 Å². The third-order valence-corrected chi connectivity index (χ3v) is 3.94. The lowest BCUT2D eigenvalue weighted by Crippen LogP contribution is -2.69. The minimum atomic E-state index is 0.681. The van der Waals surface area contributed by atoms with Crippen molar-refractivity contribution in [2.75, 3.05) is 6.54 Å². The van der Waals surface area contributed by atoms with Gasteiger partial charge in [-0.05, 0) is 44.1 Å². The van der Waals surface area contributed by atoms with Gasteiger partial charge < -0.3 is 5.32 Å². The van der Waals surface area contributed by atoms with E-state index in [9.17, 15) is 0 Å². The third-order valence-electron chi connectivity index (χ3n) is 3.94. The van der Waals surface area contributed by atoms with E-state index in [2.05, 4.69) is 5.32 Å². The first kappa shape index (κ1) is 5.59. The average Bonchev–Trinajstić information content (AvgIpc) is 1.52. The smallest absolute Gasteiger partial charge is 0.0204 e. The Morgan fingerprint density at radius 3 is 2.00 bits per heavy atom. The second-order valence-corrected chi connectivity index (χ2v) is 4.66. The molecule has 1 heterocycles. The zero-order valence-corrected chi connectivity index (χ0v) is 6.45. The summed E-state index contributed by atoms with van der Waals surface area (Å²) in [5.41, 5.74) is 1.55. The minimum Gasteiger partial charge on any atom is -0.311 e. The maximum absolute atomic E-state index is 3.58. The molecule has 0 unspecified atom stereocenters. The zero-order chi connectivity index (χ0) is 6.66. The second-order valence-electron chi connectivity index (χ2n) is 4.66. The molecule has 1 nitrogen and oxygen atoms in total. The molecule has 0 radical (unpaired) electrons.